The van der Waals surface area contributed by atoms with Gasteiger partial charge in [-0.3, -0.25) is 4.98 Å². The van der Waals surface area contributed by atoms with Crippen LogP contribution in [0.15, 0.2) is 18.2 Å². The van der Waals surface area contributed by atoms with Gasteiger partial charge in [-0.2, -0.15) is 0 Å². The van der Waals surface area contributed by atoms with Crippen LogP contribution in [0.1, 0.15) is 25.2 Å². The van der Waals surface area contributed by atoms with E-state index in [4.69, 9.17) is 0 Å². The summed E-state index contributed by atoms with van der Waals surface area (Å²) in [7, 11) is 0. The summed E-state index contributed by atoms with van der Waals surface area (Å²) in [6.07, 6.45) is 1.52. The Labute approximate surface area is 133 Å². The second-order valence-corrected chi connectivity index (χ2v) is 2.12. The van der Waals surface area contributed by atoms with E-state index in [1.807, 2.05) is 32.0 Å². The SMILES string of the molecule is CC.[CH2-]Cc1cccc(C[CH2-])n1.[CH3-].[RuH+3].[Y]. The van der Waals surface area contributed by atoms with Gasteiger partial charge < -0.3 is 21.3 Å². The van der Waals surface area contributed by atoms with Gasteiger partial charge in [-0.15, -0.1) is 12.8 Å². The van der Waals surface area contributed by atoms with Crippen LogP contribution in [0.2, 0.25) is 0 Å². The fourth-order valence-electron chi connectivity index (χ4n) is 0.808. The van der Waals surface area contributed by atoms with Crippen molar-refractivity contribution >= 4 is 0 Å². The number of hydrogen-bond acceptors (Lipinski definition) is 1. The van der Waals surface area contributed by atoms with Crippen molar-refractivity contribution in [2.24, 2.45) is 0 Å². The van der Waals surface area contributed by atoms with E-state index in [9.17, 15) is 0 Å². The van der Waals surface area contributed by atoms with Gasteiger partial charge >= 0.3 is 19.5 Å². The molecule has 0 N–H and O–H groups in total. The van der Waals surface area contributed by atoms with Gasteiger partial charge in [0.05, 0.1) is 0 Å². The summed E-state index contributed by atoms with van der Waals surface area (Å²) in [5, 5.41) is 0. The quantitative estimate of drug-likeness (QED) is 0.577. The summed E-state index contributed by atoms with van der Waals surface area (Å²) in [6, 6.07) is 5.95. The molecule has 0 saturated heterocycles. The molecule has 0 aliphatic heterocycles. The molecular formula is C12H21NRuY. The molecule has 0 amide bonds. The Morgan fingerprint density at radius 3 is 1.67 bits per heavy atom. The summed E-state index contributed by atoms with van der Waals surface area (Å²) >= 11 is 0. The van der Waals surface area contributed by atoms with Crippen LogP contribution in [-0.4, -0.2) is 4.98 Å². The van der Waals surface area contributed by atoms with E-state index in [1.165, 1.54) is 0 Å². The van der Waals surface area contributed by atoms with E-state index in [2.05, 4.69) is 18.8 Å². The molecule has 1 heterocycles. The molecule has 0 atom stereocenters. The molecule has 1 rings (SSSR count). The first kappa shape index (κ1) is 24.9. The molecule has 2 radical (unpaired) electrons. The van der Waals surface area contributed by atoms with E-state index < -0.39 is 0 Å². The van der Waals surface area contributed by atoms with Gasteiger partial charge in [-0.05, 0) is 12.1 Å². The van der Waals surface area contributed by atoms with Crippen LogP contribution < -0.4 is 0 Å². The standard InChI is InChI=1S/C9H11N.C2H6.CH3.Ru.Y.H/c1-3-8-6-5-7-9(4-2)10-8;1-2;;;;/h5-7H,1-4H2;1-2H3;1H3;;;/q-2;;-1;+3;;. The zero-order valence-electron chi connectivity index (χ0n) is 9.96. The minimum Gasteiger partial charge on any atom is 0 e. The third-order valence-corrected chi connectivity index (χ3v) is 1.38. The van der Waals surface area contributed by atoms with Crippen LogP contribution in [0.3, 0.4) is 0 Å². The van der Waals surface area contributed by atoms with Crippen LogP contribution in [0.25, 0.3) is 0 Å². The maximum Gasteiger partial charge on any atom is 0 e. The van der Waals surface area contributed by atoms with Gasteiger partial charge in [0, 0.05) is 44.1 Å². The number of rotatable bonds is 2. The first-order valence-corrected chi connectivity index (χ1v) is 4.40. The largest absolute Gasteiger partial charge is 0 e. The Morgan fingerprint density at radius 1 is 1.07 bits per heavy atom. The molecule has 0 unspecified atom stereocenters. The number of aromatic nitrogens is 1. The molecule has 0 bridgehead atoms. The van der Waals surface area contributed by atoms with E-state index in [0.717, 1.165) is 24.2 Å². The Bertz CT molecular complexity index is 197. The average Bonchev–Trinajstić information content (AvgIpc) is 2.21. The van der Waals surface area contributed by atoms with Gasteiger partial charge in [0.2, 0.25) is 0 Å². The molecule has 0 spiro atoms. The van der Waals surface area contributed by atoms with Gasteiger partial charge in [0.25, 0.3) is 0 Å². The average molecular weight is 369 g/mol. The third kappa shape index (κ3) is 11.1. The summed E-state index contributed by atoms with van der Waals surface area (Å²) < 4.78 is 0. The fourth-order valence-corrected chi connectivity index (χ4v) is 0.808. The summed E-state index contributed by atoms with van der Waals surface area (Å²) in [6.45, 7) is 11.5. The molecular weight excluding hydrogens is 348 g/mol. The van der Waals surface area contributed by atoms with E-state index >= 15 is 0 Å². The predicted octanol–water partition coefficient (Wildman–Crippen LogP) is 3.04. The van der Waals surface area contributed by atoms with E-state index in [1.54, 1.807) is 0 Å². The van der Waals surface area contributed by atoms with Gasteiger partial charge in [-0.1, -0.05) is 19.9 Å². The molecule has 0 fully saturated rings. The number of nitrogens with zero attached hydrogens (tertiary/aromatic N) is 1. The van der Waals surface area contributed by atoms with Crippen molar-refractivity contribution in [2.45, 2.75) is 26.7 Å². The minimum absolute atomic E-state index is 0. The van der Waals surface area contributed by atoms with Crippen LogP contribution >= 0.6 is 0 Å². The molecule has 1 aromatic heterocycles. The number of hydrogen-bond donors (Lipinski definition) is 0. The minimum atomic E-state index is 0. The molecule has 1 aromatic rings. The first-order valence-electron chi connectivity index (χ1n) is 4.40. The summed E-state index contributed by atoms with van der Waals surface area (Å²) in [5.41, 5.74) is 2.09. The Kier molecular flexibility index (Phi) is 28.7. The molecule has 0 saturated carbocycles. The normalized spacial score (nSPS) is 6.93. The first-order chi connectivity index (χ1) is 5.86. The Balaban J connectivity index is -0.000000114. The maximum atomic E-state index is 4.28. The molecule has 0 aliphatic carbocycles. The fraction of sp³-hybridized carbons (Fsp3) is 0.333. The van der Waals surface area contributed by atoms with Crippen molar-refractivity contribution in [2.75, 3.05) is 0 Å². The zero-order valence-corrected chi connectivity index (χ0v) is 14.7. The third-order valence-electron chi connectivity index (χ3n) is 1.38. The smallest absolute Gasteiger partial charge is 0 e. The van der Waals surface area contributed by atoms with Crippen molar-refractivity contribution in [3.05, 3.63) is 50.9 Å². The van der Waals surface area contributed by atoms with Crippen molar-refractivity contribution < 1.29 is 52.2 Å². The van der Waals surface area contributed by atoms with Gasteiger partial charge in [0.15, 0.2) is 0 Å². The monoisotopic (exact) mass is 370 g/mol. The maximum absolute atomic E-state index is 4.28. The number of pyridine rings is 1. The second kappa shape index (κ2) is 17.3. The van der Waals surface area contributed by atoms with Crippen molar-refractivity contribution in [1.82, 2.24) is 4.98 Å². The molecule has 0 aromatic carbocycles. The van der Waals surface area contributed by atoms with E-state index in [0.29, 0.717) is 0 Å². The molecule has 85 valence electrons. The predicted molar refractivity (Wildman–Crippen MR) is 61.5 cm³/mol. The van der Waals surface area contributed by atoms with Crippen LogP contribution in [0, 0.1) is 21.3 Å². The molecule has 15 heavy (non-hydrogen) atoms. The Hall–Kier alpha value is 0.877. The van der Waals surface area contributed by atoms with Crippen LogP contribution in [0.5, 0.6) is 0 Å². The van der Waals surface area contributed by atoms with Crippen molar-refractivity contribution in [1.29, 1.82) is 0 Å². The van der Waals surface area contributed by atoms with E-state index in [-0.39, 0.29) is 59.6 Å². The zero-order chi connectivity index (χ0) is 9.40. The second-order valence-electron chi connectivity index (χ2n) is 2.12. The molecule has 1 nitrogen and oxygen atoms in total. The van der Waals surface area contributed by atoms with Crippen LogP contribution in [-0.2, 0) is 65.0 Å². The topological polar surface area (TPSA) is 12.9 Å². The van der Waals surface area contributed by atoms with Gasteiger partial charge in [0.1, 0.15) is 0 Å². The summed E-state index contributed by atoms with van der Waals surface area (Å²) in [5.74, 6) is 0. The molecule has 3 heteroatoms. The Morgan fingerprint density at radius 2 is 1.40 bits per heavy atom. The van der Waals surface area contributed by atoms with Crippen molar-refractivity contribution in [3.63, 3.8) is 0 Å². The van der Waals surface area contributed by atoms with Crippen molar-refractivity contribution in [3.8, 4) is 0 Å². The summed E-state index contributed by atoms with van der Waals surface area (Å²) in [4.78, 5) is 4.28. The molecule has 0 aliphatic rings. The van der Waals surface area contributed by atoms with Gasteiger partial charge in [-0.25, -0.2) is 0 Å². The van der Waals surface area contributed by atoms with Crippen LogP contribution in [0.4, 0.5) is 0 Å².